The Morgan fingerprint density at radius 3 is 2.92 bits per heavy atom. The van der Waals surface area contributed by atoms with Crippen LogP contribution in [0.2, 0.25) is 10.0 Å². The molecular weight excluding hydrogens is 373 g/mol. The average molecular weight is 383 g/mol. The second-order valence-electron chi connectivity index (χ2n) is 4.62. The lowest BCUT2D eigenvalue weighted by Gasteiger charge is -2.14. The topological polar surface area (TPSA) is 77.2 Å². The molecule has 0 saturated heterocycles. The lowest BCUT2D eigenvalue weighted by molar-refractivity contribution is 0.416. The van der Waals surface area contributed by atoms with Crippen molar-refractivity contribution in [2.24, 2.45) is 0 Å². The van der Waals surface area contributed by atoms with Crippen LogP contribution in [0.3, 0.4) is 0 Å². The number of hydrogen-bond acceptors (Lipinski definition) is 6. The van der Waals surface area contributed by atoms with Gasteiger partial charge < -0.3 is 9.84 Å². The molecule has 3 aromatic rings. The minimum atomic E-state index is -0.616. The Balaban J connectivity index is 2.48. The maximum Gasteiger partial charge on any atom is 0.265 e. The smallest absolute Gasteiger partial charge is 0.265 e. The van der Waals surface area contributed by atoms with Gasteiger partial charge in [0.2, 0.25) is 0 Å². The van der Waals surface area contributed by atoms with Crippen LogP contribution in [-0.2, 0) is 6.54 Å². The summed E-state index contributed by atoms with van der Waals surface area (Å²) in [6.45, 7) is -0.0686. The zero-order valence-electron chi connectivity index (χ0n) is 12.9. The first kappa shape index (κ1) is 15.3. The molecule has 1 N–H and O–H groups in total. The first-order valence-electron chi connectivity index (χ1n) is 7.13. The molecule has 1 aromatic carbocycles. The summed E-state index contributed by atoms with van der Waals surface area (Å²) in [5.74, 6) is 2.05. The maximum absolute atomic E-state index is 13.0. The molecule has 0 amide bonds. The summed E-state index contributed by atoms with van der Waals surface area (Å²) in [6, 6.07) is 2.94. The van der Waals surface area contributed by atoms with Gasteiger partial charge in [-0.15, -0.1) is 11.5 Å². The predicted molar refractivity (Wildman–Crippen MR) is 94.2 cm³/mol. The molecule has 0 unspecified atom stereocenters. The van der Waals surface area contributed by atoms with Crippen LogP contribution in [0.25, 0.3) is 21.5 Å². The van der Waals surface area contributed by atoms with E-state index in [4.69, 9.17) is 35.7 Å². The van der Waals surface area contributed by atoms with E-state index in [2.05, 4.69) is 15.5 Å². The quantitative estimate of drug-likeness (QED) is 0.703. The van der Waals surface area contributed by atoms with Gasteiger partial charge in [-0.3, -0.25) is 9.36 Å². The fourth-order valence-corrected chi connectivity index (χ4v) is 3.40. The molecule has 2 aromatic heterocycles. The largest absolute Gasteiger partial charge is 0.505 e. The Labute approximate surface area is 151 Å². The van der Waals surface area contributed by atoms with E-state index in [0.29, 0.717) is 0 Å². The number of nitrogens with zero attached hydrogens (tertiary/aromatic N) is 3. The molecule has 122 valence electrons. The highest BCUT2D eigenvalue weighted by Gasteiger charge is 2.25. The summed E-state index contributed by atoms with van der Waals surface area (Å²) in [7, 11) is -0.448. The van der Waals surface area contributed by atoms with Gasteiger partial charge >= 0.3 is 0 Å². The summed E-state index contributed by atoms with van der Waals surface area (Å²) < 4.78 is 17.7. The Bertz CT molecular complexity index is 1070. The van der Waals surface area contributed by atoms with Crippen LogP contribution >= 0.6 is 34.7 Å². The normalized spacial score (nSPS) is 11.3. The second kappa shape index (κ2) is 6.32. The minimum absolute atomic E-state index is 0.0284. The predicted octanol–water partition coefficient (Wildman–Crippen LogP) is 3.17. The molecule has 0 atom stereocenters. The number of fused-ring (bicyclic) bond motifs is 1. The van der Waals surface area contributed by atoms with Crippen LogP contribution in [0.5, 0.6) is 11.5 Å². The van der Waals surface area contributed by atoms with E-state index in [1.165, 1.54) is 16.7 Å². The van der Waals surface area contributed by atoms with Gasteiger partial charge in [0.25, 0.3) is 5.56 Å². The SMILES string of the molecule is [2H]COc1c(Cl)ccc(Cl)c1-c1c(O)c2snnc2n(CC#C)c1=O. The van der Waals surface area contributed by atoms with E-state index >= 15 is 0 Å². The summed E-state index contributed by atoms with van der Waals surface area (Å²) in [4.78, 5) is 13.0. The van der Waals surface area contributed by atoms with Crippen LogP contribution in [0.1, 0.15) is 1.37 Å². The zero-order valence-corrected chi connectivity index (χ0v) is 14.2. The zero-order chi connectivity index (χ0) is 18.1. The van der Waals surface area contributed by atoms with Crippen molar-refractivity contribution in [3.63, 3.8) is 0 Å². The first-order valence-corrected chi connectivity index (χ1v) is 7.95. The Morgan fingerprint density at radius 1 is 1.46 bits per heavy atom. The van der Waals surface area contributed by atoms with E-state index < -0.39 is 12.6 Å². The van der Waals surface area contributed by atoms with E-state index in [1.54, 1.807) is 0 Å². The van der Waals surface area contributed by atoms with Crippen molar-refractivity contribution in [3.05, 3.63) is 32.5 Å². The highest BCUT2D eigenvalue weighted by Crippen LogP contribution is 2.45. The van der Waals surface area contributed by atoms with Crippen LogP contribution in [0, 0.1) is 12.3 Å². The molecule has 3 rings (SSSR count). The Kier molecular flexibility index (Phi) is 4.02. The number of ether oxygens (including phenoxy) is 1. The molecule has 2 heterocycles. The molecule has 0 saturated carbocycles. The van der Waals surface area contributed by atoms with Crippen molar-refractivity contribution in [1.29, 1.82) is 0 Å². The molecule has 24 heavy (non-hydrogen) atoms. The third-order valence-electron chi connectivity index (χ3n) is 3.34. The van der Waals surface area contributed by atoms with E-state index in [0.717, 1.165) is 11.5 Å². The highest BCUT2D eigenvalue weighted by molar-refractivity contribution is 7.13. The number of benzene rings is 1. The van der Waals surface area contributed by atoms with E-state index in [9.17, 15) is 9.90 Å². The minimum Gasteiger partial charge on any atom is -0.505 e. The van der Waals surface area contributed by atoms with Gasteiger partial charge in [-0.2, -0.15) is 0 Å². The number of methoxy groups -OCH3 is 1. The molecule has 0 radical (unpaired) electrons. The van der Waals surface area contributed by atoms with Crippen LogP contribution in [-0.4, -0.2) is 26.3 Å². The summed E-state index contributed by atoms with van der Waals surface area (Å²) in [5, 5.41) is 14.8. The van der Waals surface area contributed by atoms with Crippen molar-refractivity contribution in [2.75, 3.05) is 7.09 Å². The van der Waals surface area contributed by atoms with Crippen molar-refractivity contribution < 1.29 is 11.2 Å². The standard InChI is InChI=1S/C15H9Cl2N3O3S/c1-3-6-20-14-13(24-19-18-14)11(21)10(15(20)22)9-7(16)4-5-8(17)12(9)23-2/h1,4-5,21H,6H2,2H3/i2D. The second-order valence-corrected chi connectivity index (χ2v) is 6.19. The first-order chi connectivity index (χ1) is 12.0. The van der Waals surface area contributed by atoms with Crippen molar-refractivity contribution >= 4 is 45.1 Å². The van der Waals surface area contributed by atoms with Gasteiger partial charge in [-0.25, -0.2) is 0 Å². The van der Waals surface area contributed by atoms with E-state index in [-0.39, 0.29) is 49.6 Å². The third kappa shape index (κ3) is 2.40. The Morgan fingerprint density at radius 2 is 2.21 bits per heavy atom. The van der Waals surface area contributed by atoms with Crippen molar-refractivity contribution in [2.45, 2.75) is 6.54 Å². The lowest BCUT2D eigenvalue weighted by Crippen LogP contribution is -2.22. The maximum atomic E-state index is 13.0. The van der Waals surface area contributed by atoms with Gasteiger partial charge in [0, 0.05) is 0 Å². The van der Waals surface area contributed by atoms with Gasteiger partial charge in [-0.1, -0.05) is 33.6 Å². The number of terminal acetylenes is 1. The molecular formula is C15H9Cl2N3O3S. The monoisotopic (exact) mass is 382 g/mol. The van der Waals surface area contributed by atoms with E-state index in [1.807, 2.05) is 0 Å². The van der Waals surface area contributed by atoms with Crippen molar-refractivity contribution in [3.8, 4) is 35.0 Å². The Hall–Kier alpha value is -2.27. The lowest BCUT2D eigenvalue weighted by atomic mass is 10.0. The summed E-state index contributed by atoms with van der Waals surface area (Å²) in [5.41, 5.74) is -0.486. The number of aromatic nitrogens is 3. The summed E-state index contributed by atoms with van der Waals surface area (Å²) in [6.07, 6.45) is 5.33. The molecule has 0 spiro atoms. The van der Waals surface area contributed by atoms with Gasteiger partial charge in [0.05, 0.1) is 36.2 Å². The number of hydrogen-bond donors (Lipinski definition) is 1. The summed E-state index contributed by atoms with van der Waals surface area (Å²) >= 11 is 13.3. The third-order valence-corrected chi connectivity index (χ3v) is 4.67. The van der Waals surface area contributed by atoms with Crippen molar-refractivity contribution in [1.82, 2.24) is 14.2 Å². The number of pyridine rings is 1. The van der Waals surface area contributed by atoms with Crippen LogP contribution in [0.4, 0.5) is 0 Å². The molecule has 0 aliphatic carbocycles. The average Bonchev–Trinajstić information content (AvgIpc) is 3.07. The van der Waals surface area contributed by atoms with Gasteiger partial charge in [0.1, 0.15) is 10.4 Å². The van der Waals surface area contributed by atoms with Crippen LogP contribution in [0.15, 0.2) is 16.9 Å². The highest BCUT2D eigenvalue weighted by atomic mass is 35.5. The molecule has 9 heteroatoms. The number of aromatic hydroxyl groups is 1. The number of halogens is 2. The molecule has 0 bridgehead atoms. The number of rotatable bonds is 3. The molecule has 6 nitrogen and oxygen atoms in total. The fourth-order valence-electron chi connectivity index (χ4n) is 2.33. The van der Waals surface area contributed by atoms with Crippen LogP contribution < -0.4 is 10.3 Å². The molecule has 0 aliphatic rings. The van der Waals surface area contributed by atoms with Gasteiger partial charge in [-0.05, 0) is 23.7 Å². The van der Waals surface area contributed by atoms with Gasteiger partial charge in [0.15, 0.2) is 11.4 Å². The molecule has 0 aliphatic heterocycles. The molecule has 0 fully saturated rings. The fraction of sp³-hybridized carbons (Fsp3) is 0.133.